The van der Waals surface area contributed by atoms with E-state index in [9.17, 15) is 57.1 Å². The zero-order valence-corrected chi connectivity index (χ0v) is 26.5. The highest BCUT2D eigenvalue weighted by molar-refractivity contribution is 5.15. The predicted octanol–water partition coefficient (Wildman–Crippen LogP) is 12.1. The van der Waals surface area contributed by atoms with Crippen LogP contribution in [0.5, 0.6) is 0 Å². The van der Waals surface area contributed by atoms with Gasteiger partial charge in [-0.15, -0.1) is 0 Å². The topological polar surface area (TPSA) is 18.5 Å². The summed E-state index contributed by atoms with van der Waals surface area (Å²) < 4.78 is 253. The first-order valence-electron chi connectivity index (χ1n) is 14.9. The van der Waals surface area contributed by atoms with Crippen LogP contribution in [0.3, 0.4) is 0 Å². The Morgan fingerprint density at radius 2 is 0.851 bits per heavy atom. The molecule has 47 heavy (non-hydrogen) atoms. The Balaban J connectivity index is 7.22. The summed E-state index contributed by atoms with van der Waals surface area (Å²) in [6, 6.07) is 0. The molecule has 284 valence electrons. The van der Waals surface area contributed by atoms with Crippen molar-refractivity contribution in [2.75, 3.05) is 0 Å². The van der Waals surface area contributed by atoms with Crippen LogP contribution in [0.1, 0.15) is 106 Å². The van der Waals surface area contributed by atoms with Gasteiger partial charge in [-0.05, 0) is 40.5 Å². The maximum Gasteiger partial charge on any atom is 0.389 e. The van der Waals surface area contributed by atoms with Crippen LogP contribution in [0.15, 0.2) is 0 Å². The van der Waals surface area contributed by atoms with E-state index in [4.69, 9.17) is 9.47 Å². The van der Waals surface area contributed by atoms with E-state index in [0.717, 1.165) is 34.6 Å². The van der Waals surface area contributed by atoms with E-state index in [2.05, 4.69) is 0 Å². The lowest BCUT2D eigenvalue weighted by Crippen LogP contribution is -2.74. The minimum absolute atomic E-state index is 0.00877. The normalized spacial score (nSPS) is 16.0. The molecule has 0 aliphatic heterocycles. The summed E-state index contributed by atoms with van der Waals surface area (Å²) in [5.41, 5.74) is 0. The van der Waals surface area contributed by atoms with Crippen molar-refractivity contribution in [3.05, 3.63) is 0 Å². The molecular formula is C28H41F17O2. The fraction of sp³-hybridized carbons (Fsp3) is 1.00. The van der Waals surface area contributed by atoms with E-state index >= 15 is 17.6 Å². The molecule has 2 nitrogen and oxygen atoms in total. The van der Waals surface area contributed by atoms with Crippen molar-refractivity contribution < 1.29 is 84.1 Å². The molecule has 0 fully saturated rings. The molecule has 0 spiro atoms. The third-order valence-corrected chi connectivity index (χ3v) is 7.36. The fourth-order valence-corrected chi connectivity index (χ4v) is 4.91. The highest BCUT2D eigenvalue weighted by Crippen LogP contribution is 2.64. The van der Waals surface area contributed by atoms with E-state index < -0.39 is 104 Å². The number of halogens is 17. The molecule has 0 aromatic carbocycles. The van der Waals surface area contributed by atoms with Crippen LogP contribution in [-0.2, 0) is 9.47 Å². The van der Waals surface area contributed by atoms with E-state index in [1.54, 1.807) is 6.92 Å². The SMILES string of the molecule is CCCCCCCCC(C(CC)(OC(C)C)OC(C)C)C(F)(F)C(F)(F)C(F)(F)C(F)(F)C(F)(F)C(F)(F)C(F)(F)CCC(F)(F)F. The lowest BCUT2D eigenvalue weighted by atomic mass is 9.78. The van der Waals surface area contributed by atoms with Gasteiger partial charge in [-0.3, -0.25) is 0 Å². The lowest BCUT2D eigenvalue weighted by molar-refractivity contribution is -0.453. The molecule has 1 unspecified atom stereocenters. The first kappa shape index (κ1) is 45.7. The standard InChI is InChI=1S/C28H41F17O2/c1-7-9-10-11-12-13-14-19(20(8-2,46-17(3)4)47-18(5)6)23(34,35)25(38,39)27(42,43)28(44,45)26(40,41)24(36,37)21(29,30)15-16-22(31,32)33/h17-19H,7-16H2,1-6H3. The molecule has 0 aliphatic rings. The second kappa shape index (κ2) is 15.7. The number of unbranched alkanes of at least 4 members (excludes halogenated alkanes) is 5. The van der Waals surface area contributed by atoms with Crippen LogP contribution in [0.25, 0.3) is 0 Å². The minimum atomic E-state index is -8.41. The molecule has 0 aromatic heterocycles. The average Bonchev–Trinajstić information content (AvgIpc) is 2.89. The first-order valence-corrected chi connectivity index (χ1v) is 14.9. The van der Waals surface area contributed by atoms with Crippen LogP contribution >= 0.6 is 0 Å². The predicted molar refractivity (Wildman–Crippen MR) is 137 cm³/mol. The first-order chi connectivity index (χ1) is 20.8. The van der Waals surface area contributed by atoms with Crippen LogP contribution in [0, 0.1) is 5.92 Å². The maximum atomic E-state index is 15.8. The van der Waals surface area contributed by atoms with Crippen molar-refractivity contribution in [3.63, 3.8) is 0 Å². The quantitative estimate of drug-likeness (QED) is 0.0627. The third-order valence-electron chi connectivity index (χ3n) is 7.36. The minimum Gasteiger partial charge on any atom is -0.347 e. The van der Waals surface area contributed by atoms with E-state index in [-0.39, 0.29) is 6.42 Å². The van der Waals surface area contributed by atoms with Crippen molar-refractivity contribution in [1.29, 1.82) is 0 Å². The Bertz CT molecular complexity index is 936. The molecule has 0 heterocycles. The van der Waals surface area contributed by atoms with Gasteiger partial charge in [0.1, 0.15) is 0 Å². The van der Waals surface area contributed by atoms with Gasteiger partial charge >= 0.3 is 47.6 Å². The summed E-state index contributed by atoms with van der Waals surface area (Å²) in [6.07, 6.45) is -15.0. The smallest absolute Gasteiger partial charge is 0.347 e. The summed E-state index contributed by atoms with van der Waals surface area (Å²) in [7, 11) is 0. The molecule has 0 N–H and O–H groups in total. The van der Waals surface area contributed by atoms with Gasteiger partial charge in [0.25, 0.3) is 0 Å². The molecular weight excluding hydrogens is 691 g/mol. The van der Waals surface area contributed by atoms with Gasteiger partial charge in [0.05, 0.1) is 18.1 Å². The summed E-state index contributed by atoms with van der Waals surface area (Å²) in [4.78, 5) is 0. The zero-order valence-electron chi connectivity index (χ0n) is 26.5. The van der Waals surface area contributed by atoms with Crippen molar-refractivity contribution in [2.24, 2.45) is 5.92 Å². The molecule has 0 rings (SSSR count). The molecule has 0 aliphatic carbocycles. The Hall–Kier alpha value is -1.27. The van der Waals surface area contributed by atoms with E-state index in [1.165, 1.54) is 0 Å². The zero-order chi connectivity index (χ0) is 37.7. The molecule has 0 saturated carbocycles. The summed E-state index contributed by atoms with van der Waals surface area (Å²) in [5, 5.41) is 0. The highest BCUT2D eigenvalue weighted by atomic mass is 19.4. The number of ether oxygens (including phenoxy) is 2. The second-order valence-corrected chi connectivity index (χ2v) is 11.9. The summed E-state index contributed by atoms with van der Waals surface area (Å²) in [5.74, 6) is -60.3. The number of hydrogen-bond acceptors (Lipinski definition) is 2. The monoisotopic (exact) mass is 732 g/mol. The molecule has 0 amide bonds. The van der Waals surface area contributed by atoms with Gasteiger partial charge in [-0.1, -0.05) is 52.4 Å². The number of alkyl halides is 17. The molecule has 19 heteroatoms. The van der Waals surface area contributed by atoms with Gasteiger partial charge in [0.2, 0.25) is 0 Å². The second-order valence-electron chi connectivity index (χ2n) is 11.9. The van der Waals surface area contributed by atoms with Crippen molar-refractivity contribution in [3.8, 4) is 0 Å². The Labute approximate surface area is 262 Å². The largest absolute Gasteiger partial charge is 0.389 e. The van der Waals surface area contributed by atoms with Crippen LogP contribution in [0.4, 0.5) is 74.6 Å². The third kappa shape index (κ3) is 9.50. The fourth-order valence-electron chi connectivity index (χ4n) is 4.91. The maximum absolute atomic E-state index is 15.8. The van der Waals surface area contributed by atoms with Crippen molar-refractivity contribution in [2.45, 2.75) is 171 Å². The van der Waals surface area contributed by atoms with Gasteiger partial charge in [-0.2, -0.15) is 74.6 Å². The van der Waals surface area contributed by atoms with Gasteiger partial charge < -0.3 is 9.47 Å². The Morgan fingerprint density at radius 3 is 1.23 bits per heavy atom. The summed E-state index contributed by atoms with van der Waals surface area (Å²) >= 11 is 0. The molecule has 0 radical (unpaired) electrons. The molecule has 1 atom stereocenters. The van der Waals surface area contributed by atoms with E-state index in [1.807, 2.05) is 0 Å². The van der Waals surface area contributed by atoms with Crippen LogP contribution in [0.2, 0.25) is 0 Å². The Morgan fingerprint density at radius 1 is 0.468 bits per heavy atom. The summed E-state index contributed by atoms with van der Waals surface area (Å²) in [6.45, 7) is 7.46. The molecule has 0 saturated heterocycles. The van der Waals surface area contributed by atoms with Crippen molar-refractivity contribution in [1.82, 2.24) is 0 Å². The van der Waals surface area contributed by atoms with Crippen LogP contribution < -0.4 is 0 Å². The average molecular weight is 733 g/mol. The molecule has 0 bridgehead atoms. The van der Waals surface area contributed by atoms with Crippen molar-refractivity contribution >= 4 is 0 Å². The van der Waals surface area contributed by atoms with Gasteiger partial charge in [0.15, 0.2) is 5.79 Å². The lowest BCUT2D eigenvalue weighted by Gasteiger charge is -2.49. The van der Waals surface area contributed by atoms with Gasteiger partial charge in [0, 0.05) is 12.8 Å². The number of hydrogen-bond donors (Lipinski definition) is 0. The molecule has 0 aromatic rings. The van der Waals surface area contributed by atoms with Gasteiger partial charge in [-0.25, -0.2) is 0 Å². The van der Waals surface area contributed by atoms with E-state index in [0.29, 0.717) is 25.7 Å². The number of rotatable bonds is 22. The Kier molecular flexibility index (Phi) is 15.3. The highest BCUT2D eigenvalue weighted by Gasteiger charge is 2.93. The van der Waals surface area contributed by atoms with Crippen LogP contribution in [-0.4, -0.2) is 65.6 Å².